The van der Waals surface area contributed by atoms with Crippen molar-refractivity contribution in [1.82, 2.24) is 15.1 Å². The first-order chi connectivity index (χ1) is 12.0. The Labute approximate surface area is 159 Å². The monoisotopic (exact) mass is 457 g/mol. The molecule has 25 heavy (non-hydrogen) atoms. The van der Waals surface area contributed by atoms with Crippen molar-refractivity contribution in [2.24, 2.45) is 0 Å². The smallest absolute Gasteiger partial charge is 0.312 e. The van der Waals surface area contributed by atoms with E-state index in [4.69, 9.17) is 4.74 Å². The van der Waals surface area contributed by atoms with E-state index in [0.29, 0.717) is 31.9 Å². The average molecular weight is 457 g/mol. The third-order valence-electron chi connectivity index (χ3n) is 4.20. The van der Waals surface area contributed by atoms with Gasteiger partial charge in [-0.2, -0.15) is 0 Å². The maximum Gasteiger partial charge on any atom is 0.312 e. The van der Waals surface area contributed by atoms with Crippen LogP contribution in [0.25, 0.3) is 0 Å². The van der Waals surface area contributed by atoms with Gasteiger partial charge in [-0.1, -0.05) is 0 Å². The lowest BCUT2D eigenvalue weighted by atomic mass is 10.3. The van der Waals surface area contributed by atoms with Crippen molar-refractivity contribution >= 4 is 40.3 Å². The summed E-state index contributed by atoms with van der Waals surface area (Å²) in [5, 5.41) is 2.70. The molecule has 0 unspecified atom stereocenters. The molecule has 1 aromatic rings. The Morgan fingerprint density at radius 3 is 2.24 bits per heavy atom. The van der Waals surface area contributed by atoms with Crippen LogP contribution in [0.3, 0.4) is 0 Å². The molecular formula is C17H20IN3O4. The maximum atomic E-state index is 12.2. The number of hydrogen-bond acceptors (Lipinski definition) is 4. The lowest BCUT2D eigenvalue weighted by Gasteiger charge is -2.34. The summed E-state index contributed by atoms with van der Waals surface area (Å²) < 4.78 is 6.60. The summed E-state index contributed by atoms with van der Waals surface area (Å²) in [6.07, 6.45) is 1.89. The summed E-state index contributed by atoms with van der Waals surface area (Å²) in [5.41, 5.74) is 0. The molecule has 3 rings (SSSR count). The molecule has 1 aromatic carbocycles. The van der Waals surface area contributed by atoms with Gasteiger partial charge in [0.05, 0.1) is 0 Å². The van der Waals surface area contributed by atoms with E-state index in [1.54, 1.807) is 4.90 Å². The molecule has 134 valence electrons. The fraction of sp³-hybridized carbons (Fsp3) is 0.471. The van der Waals surface area contributed by atoms with Gasteiger partial charge in [0.1, 0.15) is 5.75 Å². The van der Waals surface area contributed by atoms with E-state index in [9.17, 15) is 14.4 Å². The van der Waals surface area contributed by atoms with E-state index in [2.05, 4.69) is 27.9 Å². The zero-order chi connectivity index (χ0) is 17.8. The molecule has 1 saturated heterocycles. The Hall–Kier alpha value is -1.84. The molecule has 1 heterocycles. The summed E-state index contributed by atoms with van der Waals surface area (Å²) in [6.45, 7) is 1.53. The molecule has 3 amide bonds. The lowest BCUT2D eigenvalue weighted by molar-refractivity contribution is -0.148. The largest absolute Gasteiger partial charge is 0.484 e. The standard InChI is InChI=1S/C17H20IN3O4/c18-12-1-5-14(6-2-12)25-11-15(22)20-7-9-21(10-8-20)17(24)16(23)19-13-3-4-13/h1-2,5-6,13H,3-4,7-11H2,(H,19,23). The Morgan fingerprint density at radius 2 is 1.64 bits per heavy atom. The van der Waals surface area contributed by atoms with Crippen LogP contribution in [-0.2, 0) is 14.4 Å². The number of piperazine rings is 1. The van der Waals surface area contributed by atoms with Crippen LogP contribution in [-0.4, -0.2) is 66.3 Å². The number of carbonyl (C=O) groups is 3. The van der Waals surface area contributed by atoms with E-state index < -0.39 is 11.8 Å². The molecule has 8 heteroatoms. The number of ether oxygens (including phenoxy) is 1. The van der Waals surface area contributed by atoms with Gasteiger partial charge in [0.25, 0.3) is 5.91 Å². The Bertz CT molecular complexity index is 652. The first-order valence-electron chi connectivity index (χ1n) is 8.29. The van der Waals surface area contributed by atoms with Crippen LogP contribution in [0.15, 0.2) is 24.3 Å². The second-order valence-corrected chi connectivity index (χ2v) is 7.41. The minimum atomic E-state index is -0.538. The second kappa shape index (κ2) is 8.03. The SMILES string of the molecule is O=C(NC1CC1)C(=O)N1CCN(C(=O)COc2ccc(I)cc2)CC1. The highest BCUT2D eigenvalue weighted by Crippen LogP contribution is 2.18. The van der Waals surface area contributed by atoms with Crippen molar-refractivity contribution in [2.75, 3.05) is 32.8 Å². The van der Waals surface area contributed by atoms with Crippen LogP contribution in [0.4, 0.5) is 0 Å². The van der Waals surface area contributed by atoms with Crippen molar-refractivity contribution in [1.29, 1.82) is 0 Å². The highest BCUT2D eigenvalue weighted by Gasteiger charge is 2.31. The molecular weight excluding hydrogens is 437 g/mol. The number of benzene rings is 1. The maximum absolute atomic E-state index is 12.2. The van der Waals surface area contributed by atoms with Gasteiger partial charge in [0, 0.05) is 35.8 Å². The first kappa shape index (κ1) is 18.0. The molecule has 2 aliphatic rings. The number of hydrogen-bond donors (Lipinski definition) is 1. The van der Waals surface area contributed by atoms with Gasteiger partial charge in [-0.05, 0) is 59.7 Å². The molecule has 0 atom stereocenters. The number of nitrogens with one attached hydrogen (secondary N) is 1. The predicted molar refractivity (Wildman–Crippen MR) is 99.0 cm³/mol. The fourth-order valence-corrected chi connectivity index (χ4v) is 2.90. The molecule has 1 aliphatic heterocycles. The van der Waals surface area contributed by atoms with Crippen molar-refractivity contribution in [3.05, 3.63) is 27.8 Å². The highest BCUT2D eigenvalue weighted by molar-refractivity contribution is 14.1. The second-order valence-electron chi connectivity index (χ2n) is 6.16. The summed E-state index contributed by atoms with van der Waals surface area (Å²) >= 11 is 2.20. The van der Waals surface area contributed by atoms with E-state index in [-0.39, 0.29) is 18.6 Å². The molecule has 0 aromatic heterocycles. The quantitative estimate of drug-likeness (QED) is 0.532. The van der Waals surface area contributed by atoms with Crippen molar-refractivity contribution in [3.8, 4) is 5.75 Å². The molecule has 0 radical (unpaired) electrons. The molecule has 0 bridgehead atoms. The van der Waals surface area contributed by atoms with E-state index in [0.717, 1.165) is 16.4 Å². The Kier molecular flexibility index (Phi) is 5.77. The topological polar surface area (TPSA) is 79.0 Å². The number of rotatable bonds is 4. The zero-order valence-electron chi connectivity index (χ0n) is 13.7. The average Bonchev–Trinajstić information content (AvgIpc) is 3.44. The molecule has 0 spiro atoms. The van der Waals surface area contributed by atoms with E-state index in [1.165, 1.54) is 4.90 Å². The Balaban J connectivity index is 1.41. The number of amides is 3. The van der Waals surface area contributed by atoms with Crippen molar-refractivity contribution in [2.45, 2.75) is 18.9 Å². The summed E-state index contributed by atoms with van der Waals surface area (Å²) in [5.74, 6) is -0.508. The number of halogens is 1. The van der Waals surface area contributed by atoms with Gasteiger partial charge in [-0.3, -0.25) is 14.4 Å². The van der Waals surface area contributed by atoms with Crippen LogP contribution in [0, 0.1) is 3.57 Å². The van der Waals surface area contributed by atoms with Gasteiger partial charge < -0.3 is 19.9 Å². The third-order valence-corrected chi connectivity index (χ3v) is 4.92. The lowest BCUT2D eigenvalue weighted by Crippen LogP contribution is -2.54. The van der Waals surface area contributed by atoms with Crippen LogP contribution in [0.5, 0.6) is 5.75 Å². The molecule has 1 N–H and O–H groups in total. The van der Waals surface area contributed by atoms with Gasteiger partial charge in [0.15, 0.2) is 6.61 Å². The van der Waals surface area contributed by atoms with E-state index in [1.807, 2.05) is 24.3 Å². The highest BCUT2D eigenvalue weighted by atomic mass is 127. The molecule has 1 aliphatic carbocycles. The van der Waals surface area contributed by atoms with Crippen LogP contribution in [0.1, 0.15) is 12.8 Å². The van der Waals surface area contributed by atoms with Crippen LogP contribution in [0.2, 0.25) is 0 Å². The summed E-state index contributed by atoms with van der Waals surface area (Å²) in [4.78, 5) is 39.2. The number of nitrogens with zero attached hydrogens (tertiary/aromatic N) is 2. The minimum Gasteiger partial charge on any atom is -0.484 e. The van der Waals surface area contributed by atoms with Gasteiger partial charge >= 0.3 is 11.8 Å². The number of carbonyl (C=O) groups excluding carboxylic acids is 3. The van der Waals surface area contributed by atoms with Crippen molar-refractivity contribution < 1.29 is 19.1 Å². The molecule has 7 nitrogen and oxygen atoms in total. The van der Waals surface area contributed by atoms with Crippen molar-refractivity contribution in [3.63, 3.8) is 0 Å². The Morgan fingerprint density at radius 1 is 1.04 bits per heavy atom. The van der Waals surface area contributed by atoms with Crippen LogP contribution < -0.4 is 10.1 Å². The first-order valence-corrected chi connectivity index (χ1v) is 9.37. The van der Waals surface area contributed by atoms with Gasteiger partial charge in [0.2, 0.25) is 0 Å². The zero-order valence-corrected chi connectivity index (χ0v) is 15.9. The third kappa shape index (κ3) is 5.07. The fourth-order valence-electron chi connectivity index (χ4n) is 2.54. The van der Waals surface area contributed by atoms with E-state index >= 15 is 0 Å². The summed E-state index contributed by atoms with van der Waals surface area (Å²) in [6, 6.07) is 7.64. The molecule has 1 saturated carbocycles. The normalized spacial score (nSPS) is 17.2. The minimum absolute atomic E-state index is 0.0310. The molecule has 2 fully saturated rings. The predicted octanol–water partition coefficient (Wildman–Crippen LogP) is 0.619. The van der Waals surface area contributed by atoms with Crippen LogP contribution >= 0.6 is 22.6 Å². The van der Waals surface area contributed by atoms with Gasteiger partial charge in [-0.25, -0.2) is 0 Å². The summed E-state index contributed by atoms with van der Waals surface area (Å²) in [7, 11) is 0. The van der Waals surface area contributed by atoms with Gasteiger partial charge in [-0.15, -0.1) is 0 Å².